The maximum Gasteiger partial charge on any atom is 0.322 e. The molecule has 2 atom stereocenters. The largest absolute Gasteiger partial charge is 0.322 e. The molecule has 14 heavy (non-hydrogen) atoms. The summed E-state index contributed by atoms with van der Waals surface area (Å²) in [6, 6.07) is 0. The molecule has 5 nitrogen and oxygen atoms in total. The van der Waals surface area contributed by atoms with Crippen LogP contribution in [0, 0.1) is 0 Å². The first-order valence-electron chi connectivity index (χ1n) is 4.98. The third-order valence-electron chi connectivity index (χ3n) is 1.64. The minimum Gasteiger partial charge on any atom is -0.306 e. The van der Waals surface area contributed by atoms with E-state index >= 15 is 0 Å². The van der Waals surface area contributed by atoms with Gasteiger partial charge >= 0.3 is 8.25 Å². The zero-order valence-electron chi connectivity index (χ0n) is 8.86. The summed E-state index contributed by atoms with van der Waals surface area (Å²) in [4.78, 5) is 0. The highest BCUT2D eigenvalue weighted by Gasteiger charge is 2.10. The van der Waals surface area contributed by atoms with Crippen molar-refractivity contribution in [2.45, 2.75) is 52.0 Å². The molecule has 0 rings (SSSR count). The van der Waals surface area contributed by atoms with Crippen LogP contribution >= 0.6 is 8.25 Å². The Morgan fingerprint density at radius 1 is 1.07 bits per heavy atom. The van der Waals surface area contributed by atoms with E-state index in [0.717, 1.165) is 12.8 Å². The summed E-state index contributed by atoms with van der Waals surface area (Å²) in [6.07, 6.45) is 2.08. The molecule has 0 aromatic rings. The van der Waals surface area contributed by atoms with Gasteiger partial charge in [0.1, 0.15) is 12.5 Å². The average Bonchev–Trinajstić information content (AvgIpc) is 2.03. The fourth-order valence-electron chi connectivity index (χ4n) is 0.962. The zero-order chi connectivity index (χ0) is 11.0. The van der Waals surface area contributed by atoms with Crippen molar-refractivity contribution >= 4 is 8.25 Å². The molecule has 0 saturated heterocycles. The standard InChI is InChI=1S/C8H21N2O3P/c1-3-5-7(9)12-14(11)13-8(10)6-4-2/h7-8,14H,3-6,9-10H2,1-2H3. The van der Waals surface area contributed by atoms with Crippen LogP contribution in [0.3, 0.4) is 0 Å². The predicted octanol–water partition coefficient (Wildman–Crippen LogP) is 1.58. The lowest BCUT2D eigenvalue weighted by molar-refractivity contribution is 0.125. The lowest BCUT2D eigenvalue weighted by atomic mass is 10.3. The van der Waals surface area contributed by atoms with Gasteiger partial charge in [-0.15, -0.1) is 0 Å². The fraction of sp³-hybridized carbons (Fsp3) is 1.00. The maximum atomic E-state index is 11.2. The summed E-state index contributed by atoms with van der Waals surface area (Å²) >= 11 is 0. The molecule has 0 radical (unpaired) electrons. The lowest BCUT2D eigenvalue weighted by Gasteiger charge is -2.14. The zero-order valence-corrected chi connectivity index (χ0v) is 9.86. The van der Waals surface area contributed by atoms with Crippen LogP contribution < -0.4 is 11.5 Å². The highest BCUT2D eigenvalue weighted by Crippen LogP contribution is 2.27. The van der Waals surface area contributed by atoms with Gasteiger partial charge in [-0.1, -0.05) is 26.7 Å². The van der Waals surface area contributed by atoms with Crippen LogP contribution in [0.15, 0.2) is 0 Å². The van der Waals surface area contributed by atoms with Crippen molar-refractivity contribution in [3.63, 3.8) is 0 Å². The molecule has 86 valence electrons. The van der Waals surface area contributed by atoms with Crippen LogP contribution in [0.25, 0.3) is 0 Å². The molecule has 0 bridgehead atoms. The third kappa shape index (κ3) is 7.47. The van der Waals surface area contributed by atoms with E-state index in [-0.39, 0.29) is 0 Å². The van der Waals surface area contributed by atoms with Gasteiger partial charge in [0.15, 0.2) is 0 Å². The molecule has 2 unspecified atom stereocenters. The first-order valence-corrected chi connectivity index (χ1v) is 6.21. The summed E-state index contributed by atoms with van der Waals surface area (Å²) in [6.45, 7) is 3.95. The molecular weight excluding hydrogens is 203 g/mol. The van der Waals surface area contributed by atoms with Gasteiger partial charge in [0, 0.05) is 0 Å². The topological polar surface area (TPSA) is 87.6 Å². The van der Waals surface area contributed by atoms with Gasteiger partial charge in [0.25, 0.3) is 0 Å². The first kappa shape index (κ1) is 14.1. The smallest absolute Gasteiger partial charge is 0.306 e. The van der Waals surface area contributed by atoms with Crippen LogP contribution in [0.1, 0.15) is 39.5 Å². The van der Waals surface area contributed by atoms with Crippen molar-refractivity contribution < 1.29 is 13.6 Å². The molecule has 0 aliphatic heterocycles. The van der Waals surface area contributed by atoms with Crippen molar-refractivity contribution in [3.8, 4) is 0 Å². The predicted molar refractivity (Wildman–Crippen MR) is 56.9 cm³/mol. The van der Waals surface area contributed by atoms with Crippen molar-refractivity contribution in [3.05, 3.63) is 0 Å². The Morgan fingerprint density at radius 3 is 1.71 bits per heavy atom. The highest BCUT2D eigenvalue weighted by atomic mass is 31.1. The monoisotopic (exact) mass is 224 g/mol. The van der Waals surface area contributed by atoms with E-state index in [0.29, 0.717) is 12.8 Å². The third-order valence-corrected chi connectivity index (χ3v) is 2.63. The molecule has 0 heterocycles. The second-order valence-electron chi connectivity index (χ2n) is 3.14. The van der Waals surface area contributed by atoms with E-state index < -0.39 is 20.7 Å². The Morgan fingerprint density at radius 2 is 1.43 bits per heavy atom. The number of rotatable bonds is 8. The highest BCUT2D eigenvalue weighted by molar-refractivity contribution is 7.33. The molecule has 0 saturated carbocycles. The van der Waals surface area contributed by atoms with Crippen LogP contribution in [0.2, 0.25) is 0 Å². The van der Waals surface area contributed by atoms with E-state index in [9.17, 15) is 4.57 Å². The number of hydrogen-bond acceptors (Lipinski definition) is 5. The van der Waals surface area contributed by atoms with Crippen LogP contribution in [-0.2, 0) is 13.6 Å². The van der Waals surface area contributed by atoms with Gasteiger partial charge in [-0.3, -0.25) is 13.6 Å². The molecule has 0 aliphatic carbocycles. The van der Waals surface area contributed by atoms with Gasteiger partial charge < -0.3 is 11.5 Å². The quantitative estimate of drug-likeness (QED) is 0.482. The van der Waals surface area contributed by atoms with Crippen LogP contribution in [0.4, 0.5) is 0 Å². The second-order valence-corrected chi connectivity index (χ2v) is 4.11. The molecule has 0 fully saturated rings. The van der Waals surface area contributed by atoms with Crippen molar-refractivity contribution in [1.29, 1.82) is 0 Å². The first-order chi connectivity index (χ1) is 6.60. The molecule has 0 spiro atoms. The Labute approximate surface area is 86.1 Å². The summed E-state index contributed by atoms with van der Waals surface area (Å²) in [5, 5.41) is 0. The maximum absolute atomic E-state index is 11.2. The van der Waals surface area contributed by atoms with Gasteiger partial charge in [0.05, 0.1) is 0 Å². The van der Waals surface area contributed by atoms with Crippen LogP contribution in [-0.4, -0.2) is 12.5 Å². The normalized spacial score (nSPS) is 17.7. The summed E-state index contributed by atoms with van der Waals surface area (Å²) in [7, 11) is -2.53. The van der Waals surface area contributed by atoms with Gasteiger partial charge in [-0.25, -0.2) is 0 Å². The summed E-state index contributed by atoms with van der Waals surface area (Å²) in [5.74, 6) is 0. The van der Waals surface area contributed by atoms with Gasteiger partial charge in [-0.2, -0.15) is 0 Å². The van der Waals surface area contributed by atoms with E-state index in [1.165, 1.54) is 0 Å². The molecular formula is C8H21N2O3P. The second kappa shape index (κ2) is 8.38. The molecule has 0 aliphatic rings. The van der Waals surface area contributed by atoms with E-state index in [1.54, 1.807) is 0 Å². The van der Waals surface area contributed by atoms with Gasteiger partial charge in [-0.05, 0) is 12.8 Å². The molecule has 6 heteroatoms. The lowest BCUT2D eigenvalue weighted by Crippen LogP contribution is -2.24. The minimum absolute atomic E-state index is 0.514. The Bertz CT molecular complexity index is 153. The van der Waals surface area contributed by atoms with Crippen molar-refractivity contribution in [1.82, 2.24) is 0 Å². The van der Waals surface area contributed by atoms with E-state index in [4.69, 9.17) is 20.5 Å². The average molecular weight is 224 g/mol. The van der Waals surface area contributed by atoms with Crippen molar-refractivity contribution in [2.75, 3.05) is 0 Å². The molecule has 0 aromatic carbocycles. The summed E-state index contributed by atoms with van der Waals surface area (Å²) in [5.41, 5.74) is 11.0. The van der Waals surface area contributed by atoms with Crippen LogP contribution in [0.5, 0.6) is 0 Å². The Kier molecular flexibility index (Phi) is 8.43. The Hall–Kier alpha value is 0.0700. The molecule has 0 amide bonds. The van der Waals surface area contributed by atoms with Gasteiger partial charge in [0.2, 0.25) is 0 Å². The SMILES string of the molecule is CCCC(N)O[PH](=O)OC(N)CCC. The molecule has 4 N–H and O–H groups in total. The number of hydrogen-bond donors (Lipinski definition) is 2. The minimum atomic E-state index is -2.53. The number of nitrogens with two attached hydrogens (primary N) is 2. The van der Waals surface area contributed by atoms with Crippen molar-refractivity contribution in [2.24, 2.45) is 11.5 Å². The Balaban J connectivity index is 3.63. The molecule has 0 aromatic heterocycles. The van der Waals surface area contributed by atoms with E-state index in [1.807, 2.05) is 13.8 Å². The fourth-order valence-corrected chi connectivity index (χ4v) is 1.75. The summed E-state index contributed by atoms with van der Waals surface area (Å²) < 4.78 is 21.1. The van der Waals surface area contributed by atoms with E-state index in [2.05, 4.69) is 0 Å².